The SMILES string of the molecule is Oc1ccc(-c2ccccc2)cc1C=Nc1cc(N=Cc2cc(-c3ccccc3)ccc2O)c(N=Cc2cc(-c3ccccc3)ccc2O)cc1N=Cc1cc(-c2ccccc2)ccc1O.[Zn].[Zn]. The Morgan fingerprint density at radius 2 is 0.441 bits per heavy atom. The maximum atomic E-state index is 11.0. The smallest absolute Gasteiger partial charge is 0.124 e. The van der Waals surface area contributed by atoms with Crippen molar-refractivity contribution in [2.45, 2.75) is 0 Å². The molecule has 0 aliphatic heterocycles. The van der Waals surface area contributed by atoms with Gasteiger partial charge in [0.25, 0.3) is 0 Å². The summed E-state index contributed by atoms with van der Waals surface area (Å²) in [6.07, 6.45) is 6.29. The summed E-state index contributed by atoms with van der Waals surface area (Å²) in [4.78, 5) is 19.6. The van der Waals surface area contributed by atoms with E-state index in [-0.39, 0.29) is 62.0 Å². The van der Waals surface area contributed by atoms with Crippen molar-refractivity contribution >= 4 is 47.6 Å². The Bertz CT molecular complexity index is 2850. The zero-order valence-electron chi connectivity index (χ0n) is 36.9. The van der Waals surface area contributed by atoms with Gasteiger partial charge in [-0.2, -0.15) is 0 Å². The van der Waals surface area contributed by atoms with E-state index in [4.69, 9.17) is 20.0 Å². The van der Waals surface area contributed by atoms with Gasteiger partial charge in [-0.05, 0) is 105 Å². The second kappa shape index (κ2) is 22.5. The largest absolute Gasteiger partial charge is 0.507 e. The summed E-state index contributed by atoms with van der Waals surface area (Å²) in [5.41, 5.74) is 10.9. The van der Waals surface area contributed by atoms with Crippen LogP contribution in [0.15, 0.2) is 226 Å². The molecule has 0 amide bonds. The Kier molecular flexibility index (Phi) is 15.9. The van der Waals surface area contributed by atoms with Crippen LogP contribution in [0.3, 0.4) is 0 Å². The van der Waals surface area contributed by atoms with Gasteiger partial charge in [-0.15, -0.1) is 0 Å². The van der Waals surface area contributed by atoms with Crippen LogP contribution in [0.1, 0.15) is 22.3 Å². The molecule has 68 heavy (non-hydrogen) atoms. The van der Waals surface area contributed by atoms with Gasteiger partial charge in [-0.1, -0.05) is 146 Å². The first-order valence-electron chi connectivity index (χ1n) is 21.2. The molecule has 0 heterocycles. The number of benzene rings is 9. The van der Waals surface area contributed by atoms with E-state index < -0.39 is 0 Å². The molecule has 0 bridgehead atoms. The molecule has 8 nitrogen and oxygen atoms in total. The van der Waals surface area contributed by atoms with Gasteiger partial charge in [0.1, 0.15) is 23.0 Å². The van der Waals surface area contributed by atoms with Crippen LogP contribution in [0.25, 0.3) is 44.5 Å². The van der Waals surface area contributed by atoms with Crippen LogP contribution in [-0.4, -0.2) is 45.3 Å². The zero-order chi connectivity index (χ0) is 45.2. The number of hydrogen-bond donors (Lipinski definition) is 4. The van der Waals surface area contributed by atoms with Gasteiger partial charge in [0.05, 0.1) is 22.7 Å². The summed E-state index contributed by atoms with van der Waals surface area (Å²) < 4.78 is 0. The summed E-state index contributed by atoms with van der Waals surface area (Å²) >= 11 is 0. The van der Waals surface area contributed by atoms with Gasteiger partial charge in [0.2, 0.25) is 0 Å². The first-order valence-corrected chi connectivity index (χ1v) is 21.2. The number of phenols is 4. The molecule has 0 saturated heterocycles. The molecular formula is C58H42N4O4Zn2. The molecule has 9 aromatic carbocycles. The molecule has 9 aromatic rings. The van der Waals surface area contributed by atoms with E-state index in [0.717, 1.165) is 44.5 Å². The number of hydrogen-bond acceptors (Lipinski definition) is 8. The average Bonchev–Trinajstić information content (AvgIpc) is 3.36. The van der Waals surface area contributed by atoms with Crippen LogP contribution in [0, 0.1) is 0 Å². The zero-order valence-corrected chi connectivity index (χ0v) is 42.9. The van der Waals surface area contributed by atoms with Crippen molar-refractivity contribution in [3.8, 4) is 67.5 Å². The quantitative estimate of drug-likeness (QED) is 0.0717. The van der Waals surface area contributed by atoms with E-state index in [1.54, 1.807) is 61.3 Å². The van der Waals surface area contributed by atoms with Gasteiger partial charge in [-0.25, -0.2) is 0 Å². The van der Waals surface area contributed by atoms with Crippen molar-refractivity contribution in [3.05, 3.63) is 229 Å². The van der Waals surface area contributed by atoms with Crippen LogP contribution in [-0.2, 0) is 39.0 Å². The van der Waals surface area contributed by atoms with Crippen molar-refractivity contribution in [2.75, 3.05) is 0 Å². The second-order valence-corrected chi connectivity index (χ2v) is 15.4. The molecular weight excluding hydrogens is 947 g/mol. The van der Waals surface area contributed by atoms with Crippen LogP contribution < -0.4 is 0 Å². The molecule has 0 aliphatic carbocycles. The fourth-order valence-electron chi connectivity index (χ4n) is 7.40. The Labute approximate surface area is 420 Å². The molecule has 9 rings (SSSR count). The number of aromatic hydroxyl groups is 4. The number of nitrogens with zero attached hydrogens (tertiary/aromatic N) is 4. The van der Waals surface area contributed by atoms with E-state index >= 15 is 0 Å². The first kappa shape index (κ1) is 48.1. The molecule has 4 N–H and O–H groups in total. The van der Waals surface area contributed by atoms with Gasteiger partial charge >= 0.3 is 0 Å². The fourth-order valence-corrected chi connectivity index (χ4v) is 7.40. The van der Waals surface area contributed by atoms with Crippen LogP contribution >= 0.6 is 0 Å². The van der Waals surface area contributed by atoms with Gasteiger partial charge in [-0.3, -0.25) is 20.0 Å². The maximum Gasteiger partial charge on any atom is 0.124 e. The molecule has 322 valence electrons. The van der Waals surface area contributed by atoms with Crippen molar-refractivity contribution < 1.29 is 59.4 Å². The minimum absolute atomic E-state index is 0. The second-order valence-electron chi connectivity index (χ2n) is 15.4. The van der Waals surface area contributed by atoms with Gasteiger partial charge in [0, 0.05) is 86.1 Å². The third-order valence-electron chi connectivity index (χ3n) is 11.0. The molecule has 0 fully saturated rings. The number of phenolic OH excluding ortho intramolecular Hbond substituents is 4. The third-order valence-corrected chi connectivity index (χ3v) is 11.0. The monoisotopic (exact) mass is 986 g/mol. The van der Waals surface area contributed by atoms with Crippen molar-refractivity contribution in [3.63, 3.8) is 0 Å². The Morgan fingerprint density at radius 1 is 0.235 bits per heavy atom. The van der Waals surface area contributed by atoms with Crippen LogP contribution in [0.2, 0.25) is 0 Å². The van der Waals surface area contributed by atoms with E-state index in [2.05, 4.69) is 0 Å². The van der Waals surface area contributed by atoms with E-state index in [1.807, 2.05) is 170 Å². The summed E-state index contributed by atoms with van der Waals surface area (Å²) in [7, 11) is 0. The van der Waals surface area contributed by atoms with Gasteiger partial charge < -0.3 is 20.4 Å². The minimum atomic E-state index is 0. The summed E-state index contributed by atoms with van der Waals surface area (Å²) in [6.45, 7) is 0. The van der Waals surface area contributed by atoms with Crippen LogP contribution in [0.4, 0.5) is 22.7 Å². The fraction of sp³-hybridized carbons (Fsp3) is 0. The first-order chi connectivity index (χ1) is 32.3. The normalized spacial score (nSPS) is 11.3. The molecule has 0 atom stereocenters. The number of aliphatic imine (C=N–C) groups is 4. The maximum absolute atomic E-state index is 11.0. The summed E-state index contributed by atoms with van der Waals surface area (Å²) in [6, 6.07) is 64.3. The van der Waals surface area contributed by atoms with Gasteiger partial charge in [0.15, 0.2) is 0 Å². The average molecular weight is 990 g/mol. The predicted molar refractivity (Wildman–Crippen MR) is 270 cm³/mol. The van der Waals surface area contributed by atoms with Crippen molar-refractivity contribution in [1.29, 1.82) is 0 Å². The molecule has 0 radical (unpaired) electrons. The third kappa shape index (κ3) is 11.5. The van der Waals surface area contributed by atoms with Crippen LogP contribution in [0.5, 0.6) is 23.0 Å². The Balaban J connectivity index is 0.00000342. The Morgan fingerprint density at radius 3 is 0.647 bits per heavy atom. The number of rotatable bonds is 12. The molecule has 0 aliphatic rings. The molecule has 10 heteroatoms. The standard InChI is InChI=1S/C58H42N4O4.2Zn/c63-55-25-21-43(39-13-5-1-6-14-39)29-47(55)35-59-51-33-53(61-37-49-31-45(23-27-57(49)65)41-17-9-3-10-18-41)54(62-38-50-32-46(24-28-58(50)66)42-19-11-4-12-20-42)34-52(51)60-36-48-30-44(22-26-56(48)64)40-15-7-2-8-16-40;;/h1-38,63-66H;;. The van der Waals surface area contributed by atoms with E-state index in [1.165, 1.54) is 0 Å². The predicted octanol–water partition coefficient (Wildman–Crippen LogP) is 14.2. The topological polar surface area (TPSA) is 130 Å². The van der Waals surface area contributed by atoms with Crippen molar-refractivity contribution in [1.82, 2.24) is 0 Å². The molecule has 0 aromatic heterocycles. The summed E-state index contributed by atoms with van der Waals surface area (Å²) in [5, 5.41) is 44.1. The van der Waals surface area contributed by atoms with Crippen molar-refractivity contribution in [2.24, 2.45) is 20.0 Å². The summed E-state index contributed by atoms with van der Waals surface area (Å²) in [5.74, 6) is 0.155. The van der Waals surface area contributed by atoms with E-state index in [0.29, 0.717) is 45.0 Å². The molecule has 0 saturated carbocycles. The van der Waals surface area contributed by atoms with E-state index in [9.17, 15) is 20.4 Å². The Hall–Kier alpha value is -7.89. The molecule has 0 spiro atoms. The minimum Gasteiger partial charge on any atom is -0.507 e. The molecule has 0 unspecified atom stereocenters.